The second-order valence-corrected chi connectivity index (χ2v) is 11.4. The summed E-state index contributed by atoms with van der Waals surface area (Å²) < 4.78 is 38.2. The van der Waals surface area contributed by atoms with Gasteiger partial charge in [0.05, 0.1) is 17.0 Å². The third-order valence-electron chi connectivity index (χ3n) is 6.72. The summed E-state index contributed by atoms with van der Waals surface area (Å²) in [4.78, 5) is 30.1. The molecule has 1 saturated heterocycles. The van der Waals surface area contributed by atoms with Crippen LogP contribution in [-0.4, -0.2) is 57.6 Å². The van der Waals surface area contributed by atoms with Crippen molar-refractivity contribution in [2.24, 2.45) is 0 Å². The SMILES string of the molecule is Cc1cccc(N)c1CC(=O)NC(C(=O)N1CCN(c2ccc(F)cc2S(C)(=O)=O)CC1)c1ccccc1. The molecule has 1 fully saturated rings. The molecule has 3 aromatic rings. The van der Waals surface area contributed by atoms with Crippen LogP contribution >= 0.6 is 0 Å². The Kier molecular flexibility index (Phi) is 8.01. The number of carbonyl (C=O) groups is 2. The number of amides is 2. The van der Waals surface area contributed by atoms with Gasteiger partial charge in [-0.3, -0.25) is 9.59 Å². The van der Waals surface area contributed by atoms with Crippen molar-refractivity contribution in [1.82, 2.24) is 10.2 Å². The van der Waals surface area contributed by atoms with E-state index in [0.29, 0.717) is 43.1 Å². The molecule has 0 spiro atoms. The Labute approximate surface area is 222 Å². The monoisotopic (exact) mass is 538 g/mol. The smallest absolute Gasteiger partial charge is 0.249 e. The quantitative estimate of drug-likeness (QED) is 0.448. The molecule has 1 unspecified atom stereocenters. The lowest BCUT2D eigenvalue weighted by Crippen LogP contribution is -2.52. The summed E-state index contributed by atoms with van der Waals surface area (Å²) in [6, 6.07) is 17.3. The Bertz CT molecular complexity index is 1420. The third-order valence-corrected chi connectivity index (χ3v) is 7.85. The Morgan fingerprint density at radius 1 is 1.00 bits per heavy atom. The number of nitrogen functional groups attached to an aromatic ring is 1. The molecule has 1 heterocycles. The molecule has 0 saturated carbocycles. The van der Waals surface area contributed by atoms with Gasteiger partial charge in [0, 0.05) is 38.1 Å². The third kappa shape index (κ3) is 6.13. The number of nitrogens with two attached hydrogens (primary N) is 1. The zero-order valence-electron chi connectivity index (χ0n) is 21.4. The highest BCUT2D eigenvalue weighted by Crippen LogP contribution is 2.28. The van der Waals surface area contributed by atoms with Gasteiger partial charge in [0.2, 0.25) is 11.8 Å². The number of rotatable bonds is 7. The van der Waals surface area contributed by atoms with Crippen LogP contribution in [0.3, 0.4) is 0 Å². The highest BCUT2D eigenvalue weighted by atomic mass is 32.2. The zero-order chi connectivity index (χ0) is 27.4. The Morgan fingerprint density at radius 3 is 2.32 bits per heavy atom. The number of hydrogen-bond donors (Lipinski definition) is 2. The van der Waals surface area contributed by atoms with Crippen LogP contribution in [0.5, 0.6) is 0 Å². The number of benzene rings is 3. The fraction of sp³-hybridized carbons (Fsp3) is 0.286. The first-order chi connectivity index (χ1) is 18.0. The minimum Gasteiger partial charge on any atom is -0.398 e. The molecule has 10 heteroatoms. The number of piperazine rings is 1. The number of carbonyl (C=O) groups excluding carboxylic acids is 2. The summed E-state index contributed by atoms with van der Waals surface area (Å²) in [5, 5.41) is 2.89. The second-order valence-electron chi connectivity index (χ2n) is 9.43. The number of sulfone groups is 1. The largest absolute Gasteiger partial charge is 0.398 e. The fourth-order valence-electron chi connectivity index (χ4n) is 4.67. The highest BCUT2D eigenvalue weighted by Gasteiger charge is 2.31. The van der Waals surface area contributed by atoms with Crippen LogP contribution < -0.4 is 16.0 Å². The first-order valence-electron chi connectivity index (χ1n) is 12.3. The van der Waals surface area contributed by atoms with Crippen LogP contribution in [-0.2, 0) is 25.8 Å². The van der Waals surface area contributed by atoms with E-state index in [0.717, 1.165) is 23.4 Å². The number of aryl methyl sites for hydroxylation is 1. The van der Waals surface area contributed by atoms with Crippen molar-refractivity contribution in [2.45, 2.75) is 24.3 Å². The van der Waals surface area contributed by atoms with E-state index in [1.165, 1.54) is 12.1 Å². The number of nitrogens with one attached hydrogen (secondary N) is 1. The topological polar surface area (TPSA) is 113 Å². The lowest BCUT2D eigenvalue weighted by molar-refractivity contribution is -0.136. The standard InChI is InChI=1S/C28H31FN4O4S/c1-19-7-6-10-23(30)22(19)18-26(34)31-27(20-8-4-3-5-9-20)28(35)33-15-13-32(14-16-33)24-12-11-21(29)17-25(24)38(2,36)37/h3-12,17,27H,13-16,18,30H2,1-2H3,(H,31,34). The number of nitrogens with zero attached hydrogens (tertiary/aromatic N) is 2. The van der Waals surface area contributed by atoms with Crippen molar-refractivity contribution in [3.63, 3.8) is 0 Å². The van der Waals surface area contributed by atoms with Gasteiger partial charge in [-0.2, -0.15) is 0 Å². The molecule has 2 amide bonds. The van der Waals surface area contributed by atoms with E-state index in [2.05, 4.69) is 5.32 Å². The first-order valence-corrected chi connectivity index (χ1v) is 14.2. The summed E-state index contributed by atoms with van der Waals surface area (Å²) in [7, 11) is -3.65. The summed E-state index contributed by atoms with van der Waals surface area (Å²) in [6.07, 6.45) is 1.09. The van der Waals surface area contributed by atoms with E-state index in [-0.39, 0.29) is 23.1 Å². The number of halogens is 1. The van der Waals surface area contributed by atoms with Gasteiger partial charge in [-0.05, 0) is 47.9 Å². The van der Waals surface area contributed by atoms with Gasteiger partial charge in [0.1, 0.15) is 11.9 Å². The molecule has 200 valence electrons. The molecule has 1 atom stereocenters. The van der Waals surface area contributed by atoms with E-state index in [1.54, 1.807) is 35.2 Å². The van der Waals surface area contributed by atoms with Crippen LogP contribution in [0, 0.1) is 12.7 Å². The zero-order valence-corrected chi connectivity index (χ0v) is 22.2. The lowest BCUT2D eigenvalue weighted by atomic mass is 10.0. The average Bonchev–Trinajstić information content (AvgIpc) is 2.89. The van der Waals surface area contributed by atoms with Crippen LogP contribution in [0.4, 0.5) is 15.8 Å². The van der Waals surface area contributed by atoms with Crippen molar-refractivity contribution in [3.8, 4) is 0 Å². The predicted molar refractivity (Wildman–Crippen MR) is 145 cm³/mol. The van der Waals surface area contributed by atoms with Gasteiger partial charge in [0.25, 0.3) is 0 Å². The molecule has 38 heavy (non-hydrogen) atoms. The van der Waals surface area contributed by atoms with Gasteiger partial charge >= 0.3 is 0 Å². The fourth-order valence-corrected chi connectivity index (χ4v) is 5.57. The second kappa shape index (κ2) is 11.2. The normalized spacial score (nSPS) is 14.7. The van der Waals surface area contributed by atoms with E-state index >= 15 is 0 Å². The van der Waals surface area contributed by atoms with E-state index < -0.39 is 21.7 Å². The summed E-state index contributed by atoms with van der Waals surface area (Å²) in [6.45, 7) is 3.21. The molecule has 0 aliphatic carbocycles. The molecular weight excluding hydrogens is 507 g/mol. The minimum atomic E-state index is -3.65. The van der Waals surface area contributed by atoms with Crippen LogP contribution in [0.2, 0.25) is 0 Å². The van der Waals surface area contributed by atoms with E-state index in [4.69, 9.17) is 5.73 Å². The molecule has 4 rings (SSSR count). The molecule has 0 aromatic heterocycles. The molecule has 0 bridgehead atoms. The van der Waals surface area contributed by atoms with Gasteiger partial charge in [-0.25, -0.2) is 12.8 Å². The highest BCUT2D eigenvalue weighted by molar-refractivity contribution is 7.90. The maximum atomic E-state index is 13.8. The summed E-state index contributed by atoms with van der Waals surface area (Å²) in [5.74, 6) is -1.21. The molecular formula is C28H31FN4O4S. The maximum absolute atomic E-state index is 13.8. The van der Waals surface area contributed by atoms with Gasteiger partial charge in [-0.15, -0.1) is 0 Å². The molecule has 3 N–H and O–H groups in total. The molecule has 1 aliphatic heterocycles. The molecule has 0 radical (unpaired) electrons. The maximum Gasteiger partial charge on any atom is 0.249 e. The number of anilines is 2. The number of hydrogen-bond acceptors (Lipinski definition) is 6. The van der Waals surface area contributed by atoms with Crippen LogP contribution in [0.1, 0.15) is 22.7 Å². The first kappa shape index (κ1) is 27.1. The molecule has 1 aliphatic rings. The Balaban J connectivity index is 1.50. The van der Waals surface area contributed by atoms with Gasteiger partial charge < -0.3 is 20.9 Å². The average molecular weight is 539 g/mol. The van der Waals surface area contributed by atoms with E-state index in [9.17, 15) is 22.4 Å². The summed E-state index contributed by atoms with van der Waals surface area (Å²) in [5.41, 5.74) is 9.28. The molecule has 3 aromatic carbocycles. The Hall–Kier alpha value is -3.92. The predicted octanol–water partition coefficient (Wildman–Crippen LogP) is 2.87. The molecule has 8 nitrogen and oxygen atoms in total. The summed E-state index contributed by atoms with van der Waals surface area (Å²) >= 11 is 0. The minimum absolute atomic E-state index is 0.0434. The van der Waals surface area contributed by atoms with Crippen molar-refractivity contribution in [1.29, 1.82) is 0 Å². The van der Waals surface area contributed by atoms with Gasteiger partial charge in [-0.1, -0.05) is 42.5 Å². The lowest BCUT2D eigenvalue weighted by Gasteiger charge is -2.38. The Morgan fingerprint density at radius 2 is 1.68 bits per heavy atom. The van der Waals surface area contributed by atoms with Crippen molar-refractivity contribution >= 4 is 33.0 Å². The van der Waals surface area contributed by atoms with Crippen LogP contribution in [0.25, 0.3) is 0 Å². The van der Waals surface area contributed by atoms with Crippen molar-refractivity contribution in [2.75, 3.05) is 43.1 Å². The van der Waals surface area contributed by atoms with E-state index in [1.807, 2.05) is 30.0 Å². The van der Waals surface area contributed by atoms with Gasteiger partial charge in [0.15, 0.2) is 9.84 Å². The van der Waals surface area contributed by atoms with Crippen molar-refractivity contribution in [3.05, 3.63) is 89.2 Å². The van der Waals surface area contributed by atoms with Crippen LogP contribution in [0.15, 0.2) is 71.6 Å². The van der Waals surface area contributed by atoms with Crippen molar-refractivity contribution < 1.29 is 22.4 Å².